The Morgan fingerprint density at radius 1 is 1.07 bits per heavy atom. The van der Waals surface area contributed by atoms with Crippen LogP contribution in [0.5, 0.6) is 0 Å². The van der Waals surface area contributed by atoms with Gasteiger partial charge in [-0.15, -0.1) is 0 Å². The number of likely N-dealkylation sites (tertiary alicyclic amines) is 1. The Balaban J connectivity index is 1.46. The van der Waals surface area contributed by atoms with E-state index in [2.05, 4.69) is 15.9 Å². The lowest BCUT2D eigenvalue weighted by atomic mass is 10.1. The highest BCUT2D eigenvalue weighted by molar-refractivity contribution is 9.10. The Morgan fingerprint density at radius 3 is 2.52 bits per heavy atom. The van der Waals surface area contributed by atoms with Gasteiger partial charge in [0.25, 0.3) is 11.1 Å². The second kappa shape index (κ2) is 8.59. The maximum Gasteiger partial charge on any atom is 0.294 e. The summed E-state index contributed by atoms with van der Waals surface area (Å²) in [5.74, 6) is 0.523. The van der Waals surface area contributed by atoms with Crippen LogP contribution in [0.25, 0.3) is 17.4 Å². The molecule has 3 heterocycles. The van der Waals surface area contributed by atoms with Crippen molar-refractivity contribution in [3.05, 3.63) is 51.5 Å². The molecule has 1 aromatic heterocycles. The molecular weight excluding hydrogens is 456 g/mol. The number of imide groups is 1. The van der Waals surface area contributed by atoms with Gasteiger partial charge in [-0.2, -0.15) is 0 Å². The SMILES string of the molecule is O=C(CN1C(=O)S/C(=C/c2ccc(-c3ccc(Br)cc3)o2)C1=O)N1CCCCC1. The molecule has 1 aromatic carbocycles. The number of carbonyl (C=O) groups excluding carboxylic acids is 3. The van der Waals surface area contributed by atoms with Gasteiger partial charge in [0.15, 0.2) is 0 Å². The van der Waals surface area contributed by atoms with E-state index in [1.54, 1.807) is 17.0 Å². The van der Waals surface area contributed by atoms with Crippen molar-refractivity contribution in [3.63, 3.8) is 0 Å². The molecule has 2 aliphatic rings. The van der Waals surface area contributed by atoms with E-state index in [0.717, 1.165) is 46.0 Å². The monoisotopic (exact) mass is 474 g/mol. The average Bonchev–Trinajstić information content (AvgIpc) is 3.29. The lowest BCUT2D eigenvalue weighted by molar-refractivity contribution is -0.136. The summed E-state index contributed by atoms with van der Waals surface area (Å²) in [6, 6.07) is 11.3. The number of rotatable bonds is 4. The fourth-order valence-electron chi connectivity index (χ4n) is 3.34. The predicted molar refractivity (Wildman–Crippen MR) is 115 cm³/mol. The highest BCUT2D eigenvalue weighted by Crippen LogP contribution is 2.33. The van der Waals surface area contributed by atoms with Crippen molar-refractivity contribution >= 4 is 50.8 Å². The van der Waals surface area contributed by atoms with E-state index >= 15 is 0 Å². The Morgan fingerprint density at radius 2 is 1.79 bits per heavy atom. The van der Waals surface area contributed by atoms with E-state index in [9.17, 15) is 14.4 Å². The van der Waals surface area contributed by atoms with Crippen molar-refractivity contribution < 1.29 is 18.8 Å². The number of thioether (sulfide) groups is 1. The third kappa shape index (κ3) is 4.48. The van der Waals surface area contributed by atoms with Crippen LogP contribution >= 0.6 is 27.7 Å². The first-order chi connectivity index (χ1) is 14.0. The molecule has 0 unspecified atom stereocenters. The first-order valence-electron chi connectivity index (χ1n) is 9.40. The summed E-state index contributed by atoms with van der Waals surface area (Å²) in [7, 11) is 0. The minimum absolute atomic E-state index is 0.177. The minimum Gasteiger partial charge on any atom is -0.457 e. The zero-order chi connectivity index (χ0) is 20.4. The van der Waals surface area contributed by atoms with Crippen molar-refractivity contribution in [3.8, 4) is 11.3 Å². The second-order valence-corrected chi connectivity index (χ2v) is 8.83. The summed E-state index contributed by atoms with van der Waals surface area (Å²) >= 11 is 4.23. The highest BCUT2D eigenvalue weighted by atomic mass is 79.9. The van der Waals surface area contributed by atoms with Gasteiger partial charge in [0.05, 0.1) is 4.91 Å². The van der Waals surface area contributed by atoms with Gasteiger partial charge < -0.3 is 9.32 Å². The van der Waals surface area contributed by atoms with Crippen LogP contribution in [-0.2, 0) is 9.59 Å². The van der Waals surface area contributed by atoms with Crippen LogP contribution in [-0.4, -0.2) is 46.5 Å². The molecule has 0 aliphatic carbocycles. The normalized spacial score (nSPS) is 18.7. The number of hydrogen-bond donors (Lipinski definition) is 0. The molecule has 0 N–H and O–H groups in total. The van der Waals surface area contributed by atoms with Gasteiger partial charge in [0, 0.05) is 29.2 Å². The standard InChI is InChI=1S/C21H19BrN2O4S/c22-15-6-4-14(5-7-15)17-9-8-16(28-17)12-18-20(26)24(21(27)29-18)13-19(25)23-10-2-1-3-11-23/h4-9,12H,1-3,10-11,13H2/b18-12+. The number of halogens is 1. The van der Waals surface area contributed by atoms with Crippen LogP contribution in [0.2, 0.25) is 0 Å². The van der Waals surface area contributed by atoms with Gasteiger partial charge in [-0.1, -0.05) is 28.1 Å². The number of hydrogen-bond acceptors (Lipinski definition) is 5. The number of furan rings is 1. The zero-order valence-corrected chi connectivity index (χ0v) is 18.0. The molecule has 0 radical (unpaired) electrons. The molecule has 4 rings (SSSR count). The number of benzene rings is 1. The summed E-state index contributed by atoms with van der Waals surface area (Å²) in [6.07, 6.45) is 4.59. The Hall–Kier alpha value is -2.32. The molecule has 2 saturated heterocycles. The predicted octanol–water partition coefficient (Wildman–Crippen LogP) is 4.76. The third-order valence-electron chi connectivity index (χ3n) is 4.90. The average molecular weight is 475 g/mol. The first kappa shape index (κ1) is 20.0. The number of nitrogens with zero attached hydrogens (tertiary/aromatic N) is 2. The summed E-state index contributed by atoms with van der Waals surface area (Å²) in [6.45, 7) is 1.18. The third-order valence-corrected chi connectivity index (χ3v) is 6.34. The van der Waals surface area contributed by atoms with Crippen LogP contribution in [0.3, 0.4) is 0 Å². The molecule has 2 fully saturated rings. The van der Waals surface area contributed by atoms with Crippen molar-refractivity contribution in [2.45, 2.75) is 19.3 Å². The maximum absolute atomic E-state index is 12.7. The van der Waals surface area contributed by atoms with Gasteiger partial charge >= 0.3 is 0 Å². The highest BCUT2D eigenvalue weighted by Gasteiger charge is 2.37. The van der Waals surface area contributed by atoms with Gasteiger partial charge in [0.2, 0.25) is 5.91 Å². The Kier molecular flexibility index (Phi) is 5.91. The number of amides is 3. The molecule has 0 saturated carbocycles. The molecule has 0 bridgehead atoms. The van der Waals surface area contributed by atoms with E-state index < -0.39 is 11.1 Å². The molecule has 6 nitrogen and oxygen atoms in total. The zero-order valence-electron chi connectivity index (χ0n) is 15.6. The van der Waals surface area contributed by atoms with Gasteiger partial charge in [0.1, 0.15) is 18.1 Å². The van der Waals surface area contributed by atoms with Crippen molar-refractivity contribution in [2.24, 2.45) is 0 Å². The van der Waals surface area contributed by atoms with Crippen LogP contribution in [0, 0.1) is 0 Å². The van der Waals surface area contributed by atoms with Gasteiger partial charge in [-0.05, 0) is 55.3 Å². The van der Waals surface area contributed by atoms with Gasteiger partial charge in [-0.25, -0.2) is 0 Å². The molecule has 0 atom stereocenters. The summed E-state index contributed by atoms with van der Waals surface area (Å²) in [4.78, 5) is 40.4. The lowest BCUT2D eigenvalue weighted by Gasteiger charge is -2.27. The fraction of sp³-hybridized carbons (Fsp3) is 0.286. The second-order valence-electron chi connectivity index (χ2n) is 6.92. The van der Waals surface area contributed by atoms with Crippen LogP contribution in [0.15, 0.2) is 50.2 Å². The molecule has 29 heavy (non-hydrogen) atoms. The number of carbonyl (C=O) groups is 3. The molecule has 2 aromatic rings. The Bertz CT molecular complexity index is 977. The van der Waals surface area contributed by atoms with Crippen molar-refractivity contribution in [1.29, 1.82) is 0 Å². The van der Waals surface area contributed by atoms with E-state index in [1.807, 2.05) is 30.3 Å². The fourth-order valence-corrected chi connectivity index (χ4v) is 4.43. The molecule has 8 heteroatoms. The first-order valence-corrected chi connectivity index (χ1v) is 11.0. The Labute approximate surface area is 181 Å². The van der Waals surface area contributed by atoms with E-state index in [0.29, 0.717) is 24.6 Å². The molecule has 0 spiro atoms. The largest absolute Gasteiger partial charge is 0.457 e. The topological polar surface area (TPSA) is 70.8 Å². The summed E-state index contributed by atoms with van der Waals surface area (Å²) in [5.41, 5.74) is 0.910. The van der Waals surface area contributed by atoms with E-state index in [4.69, 9.17) is 4.42 Å². The molecule has 3 amide bonds. The molecule has 150 valence electrons. The van der Waals surface area contributed by atoms with E-state index in [-0.39, 0.29) is 17.4 Å². The van der Waals surface area contributed by atoms with Crippen molar-refractivity contribution in [1.82, 2.24) is 9.80 Å². The number of piperidine rings is 1. The summed E-state index contributed by atoms with van der Waals surface area (Å²) < 4.78 is 6.78. The maximum atomic E-state index is 12.7. The van der Waals surface area contributed by atoms with Gasteiger partial charge in [-0.3, -0.25) is 19.3 Å². The van der Waals surface area contributed by atoms with Crippen molar-refractivity contribution in [2.75, 3.05) is 19.6 Å². The van der Waals surface area contributed by atoms with Crippen LogP contribution in [0.4, 0.5) is 4.79 Å². The summed E-state index contributed by atoms with van der Waals surface area (Å²) in [5, 5.41) is -0.425. The minimum atomic E-state index is -0.452. The van der Waals surface area contributed by atoms with E-state index in [1.165, 1.54) is 0 Å². The smallest absolute Gasteiger partial charge is 0.294 e. The molecular formula is C21H19BrN2O4S. The molecule has 2 aliphatic heterocycles. The lowest BCUT2D eigenvalue weighted by Crippen LogP contribution is -2.44. The van der Waals surface area contributed by atoms with Crippen LogP contribution in [0.1, 0.15) is 25.0 Å². The quantitative estimate of drug-likeness (QED) is 0.597. The van der Waals surface area contributed by atoms with Crippen LogP contribution < -0.4 is 0 Å².